The number of pyridine rings is 1. The smallest absolute Gasteiger partial charge is 0.150 e. The van der Waals surface area contributed by atoms with Crippen LogP contribution in [-0.2, 0) is 0 Å². The molecule has 0 saturated heterocycles. The monoisotopic (exact) mass is 247 g/mol. The number of hydrogen-bond acceptors (Lipinski definition) is 5. The van der Waals surface area contributed by atoms with E-state index in [9.17, 15) is 0 Å². The van der Waals surface area contributed by atoms with Gasteiger partial charge in [-0.05, 0) is 26.5 Å². The molecule has 1 heterocycles. The topological polar surface area (TPSA) is 78.0 Å². The summed E-state index contributed by atoms with van der Waals surface area (Å²) >= 11 is 0. The maximum absolute atomic E-state index is 8.87. The van der Waals surface area contributed by atoms with E-state index in [0.717, 1.165) is 19.5 Å². The summed E-state index contributed by atoms with van der Waals surface area (Å²) in [5.41, 5.74) is 6.72. The Kier molecular flexibility index (Phi) is 5.40. The first-order chi connectivity index (χ1) is 8.60. The predicted octanol–water partition coefficient (Wildman–Crippen LogP) is 1.68. The highest BCUT2D eigenvalue weighted by Crippen LogP contribution is 2.18. The number of nitriles is 1. The molecule has 1 aromatic heterocycles. The molecule has 98 valence electrons. The van der Waals surface area contributed by atoms with Crippen LogP contribution in [0.15, 0.2) is 12.3 Å². The van der Waals surface area contributed by atoms with Crippen molar-refractivity contribution in [3.8, 4) is 6.07 Å². The Hall–Kier alpha value is -1.80. The van der Waals surface area contributed by atoms with Gasteiger partial charge in [0.1, 0.15) is 6.07 Å². The summed E-state index contributed by atoms with van der Waals surface area (Å²) in [6.07, 6.45) is 2.72. The van der Waals surface area contributed by atoms with Crippen LogP contribution in [0.3, 0.4) is 0 Å². The summed E-state index contributed by atoms with van der Waals surface area (Å²) in [5, 5.41) is 12.0. The Bertz CT molecular complexity index is 424. The molecular formula is C13H21N5. The van der Waals surface area contributed by atoms with Gasteiger partial charge in [-0.25, -0.2) is 4.98 Å². The lowest BCUT2D eigenvalue weighted by atomic mass is 10.2. The summed E-state index contributed by atoms with van der Waals surface area (Å²) in [6.45, 7) is 6.03. The fraction of sp³-hybridized carbons (Fsp3) is 0.538. The number of aromatic nitrogens is 1. The van der Waals surface area contributed by atoms with E-state index in [1.54, 1.807) is 12.3 Å². The molecule has 0 aromatic carbocycles. The first-order valence-electron chi connectivity index (χ1n) is 6.18. The second-order valence-electron chi connectivity index (χ2n) is 4.40. The minimum atomic E-state index is 0.422. The van der Waals surface area contributed by atoms with Gasteiger partial charge in [-0.1, -0.05) is 6.92 Å². The van der Waals surface area contributed by atoms with Gasteiger partial charge in [0.2, 0.25) is 0 Å². The Balaban J connectivity index is 2.52. The molecule has 0 aliphatic heterocycles. The molecule has 1 rings (SSSR count). The normalized spacial score (nSPS) is 12.2. The Morgan fingerprint density at radius 1 is 1.61 bits per heavy atom. The van der Waals surface area contributed by atoms with E-state index in [1.807, 2.05) is 6.07 Å². The molecule has 1 aromatic rings. The average molecular weight is 247 g/mol. The minimum Gasteiger partial charge on any atom is -0.395 e. The SMILES string of the molecule is CCC(C)N(C)CCNc1nccc(C#N)c1N. The lowest BCUT2D eigenvalue weighted by Gasteiger charge is -2.23. The number of rotatable bonds is 6. The summed E-state index contributed by atoms with van der Waals surface area (Å²) < 4.78 is 0. The number of nitrogen functional groups attached to an aromatic ring is 1. The molecule has 0 aliphatic rings. The van der Waals surface area contributed by atoms with Crippen molar-refractivity contribution in [2.24, 2.45) is 0 Å². The number of likely N-dealkylation sites (N-methyl/N-ethyl adjacent to an activating group) is 1. The largest absolute Gasteiger partial charge is 0.395 e. The lowest BCUT2D eigenvalue weighted by molar-refractivity contribution is 0.261. The third-order valence-electron chi connectivity index (χ3n) is 3.21. The molecule has 3 N–H and O–H groups in total. The zero-order chi connectivity index (χ0) is 13.5. The third-order valence-corrected chi connectivity index (χ3v) is 3.21. The van der Waals surface area contributed by atoms with Gasteiger partial charge >= 0.3 is 0 Å². The highest BCUT2D eigenvalue weighted by Gasteiger charge is 2.08. The van der Waals surface area contributed by atoms with Crippen LogP contribution in [0.1, 0.15) is 25.8 Å². The third kappa shape index (κ3) is 3.60. The van der Waals surface area contributed by atoms with Gasteiger partial charge in [0.15, 0.2) is 5.82 Å². The van der Waals surface area contributed by atoms with Gasteiger partial charge in [0, 0.05) is 25.3 Å². The molecule has 1 unspecified atom stereocenters. The Labute approximate surface area is 109 Å². The van der Waals surface area contributed by atoms with E-state index in [0.29, 0.717) is 23.1 Å². The molecule has 0 saturated carbocycles. The molecule has 5 heteroatoms. The number of nitrogens with two attached hydrogens (primary N) is 1. The molecule has 5 nitrogen and oxygen atoms in total. The zero-order valence-corrected chi connectivity index (χ0v) is 11.3. The van der Waals surface area contributed by atoms with Crippen LogP contribution in [0.2, 0.25) is 0 Å². The molecule has 0 fully saturated rings. The molecule has 0 amide bonds. The van der Waals surface area contributed by atoms with E-state index in [4.69, 9.17) is 11.0 Å². The minimum absolute atomic E-state index is 0.422. The summed E-state index contributed by atoms with van der Waals surface area (Å²) in [5.74, 6) is 0.589. The lowest BCUT2D eigenvalue weighted by Crippen LogP contribution is -2.32. The van der Waals surface area contributed by atoms with Crippen molar-refractivity contribution in [2.75, 3.05) is 31.2 Å². The van der Waals surface area contributed by atoms with Gasteiger partial charge in [-0.2, -0.15) is 5.26 Å². The number of nitrogens with zero attached hydrogens (tertiary/aromatic N) is 3. The summed E-state index contributed by atoms with van der Waals surface area (Å²) in [4.78, 5) is 6.42. The highest BCUT2D eigenvalue weighted by atomic mass is 15.1. The van der Waals surface area contributed by atoms with Gasteiger partial charge < -0.3 is 16.0 Å². The average Bonchev–Trinajstić information content (AvgIpc) is 2.39. The standard InChI is InChI=1S/C13H21N5/c1-4-10(2)18(3)8-7-17-13-12(15)11(9-14)5-6-16-13/h5-6,10H,4,7-8,15H2,1-3H3,(H,16,17). The Morgan fingerprint density at radius 3 is 2.94 bits per heavy atom. The molecule has 0 aliphatic carbocycles. The fourth-order valence-electron chi connectivity index (χ4n) is 1.59. The van der Waals surface area contributed by atoms with E-state index in [-0.39, 0.29) is 0 Å². The van der Waals surface area contributed by atoms with Crippen LogP contribution in [0.4, 0.5) is 11.5 Å². The van der Waals surface area contributed by atoms with Crippen molar-refractivity contribution >= 4 is 11.5 Å². The maximum atomic E-state index is 8.87. The van der Waals surface area contributed by atoms with E-state index < -0.39 is 0 Å². The number of anilines is 2. The van der Waals surface area contributed by atoms with Crippen molar-refractivity contribution in [3.63, 3.8) is 0 Å². The van der Waals surface area contributed by atoms with Crippen molar-refractivity contribution < 1.29 is 0 Å². The second kappa shape index (κ2) is 6.82. The van der Waals surface area contributed by atoms with Crippen LogP contribution in [-0.4, -0.2) is 36.1 Å². The highest BCUT2D eigenvalue weighted by molar-refractivity contribution is 5.68. The van der Waals surface area contributed by atoms with Crippen LogP contribution in [0, 0.1) is 11.3 Å². The molecule has 0 radical (unpaired) electrons. The first-order valence-corrected chi connectivity index (χ1v) is 6.18. The van der Waals surface area contributed by atoms with E-state index in [2.05, 4.69) is 36.1 Å². The first kappa shape index (κ1) is 14.3. The van der Waals surface area contributed by atoms with Crippen LogP contribution < -0.4 is 11.1 Å². The van der Waals surface area contributed by atoms with Crippen molar-refractivity contribution in [1.82, 2.24) is 9.88 Å². The second-order valence-corrected chi connectivity index (χ2v) is 4.40. The van der Waals surface area contributed by atoms with Gasteiger partial charge in [-0.3, -0.25) is 0 Å². The van der Waals surface area contributed by atoms with Gasteiger partial charge in [0.25, 0.3) is 0 Å². The predicted molar refractivity (Wildman–Crippen MR) is 74.2 cm³/mol. The van der Waals surface area contributed by atoms with Crippen molar-refractivity contribution in [3.05, 3.63) is 17.8 Å². The van der Waals surface area contributed by atoms with Gasteiger partial charge in [-0.15, -0.1) is 0 Å². The maximum Gasteiger partial charge on any atom is 0.150 e. The molecule has 0 spiro atoms. The zero-order valence-electron chi connectivity index (χ0n) is 11.3. The Morgan fingerprint density at radius 2 is 2.33 bits per heavy atom. The molecular weight excluding hydrogens is 226 g/mol. The van der Waals surface area contributed by atoms with Crippen LogP contribution >= 0.6 is 0 Å². The number of nitrogens with one attached hydrogen (secondary N) is 1. The quantitative estimate of drug-likeness (QED) is 0.799. The van der Waals surface area contributed by atoms with E-state index >= 15 is 0 Å². The number of hydrogen-bond donors (Lipinski definition) is 2. The van der Waals surface area contributed by atoms with Crippen molar-refractivity contribution in [1.29, 1.82) is 5.26 Å². The summed E-state index contributed by atoms with van der Waals surface area (Å²) in [7, 11) is 2.10. The van der Waals surface area contributed by atoms with Crippen LogP contribution in [0.5, 0.6) is 0 Å². The molecule has 1 atom stereocenters. The van der Waals surface area contributed by atoms with Gasteiger partial charge in [0.05, 0.1) is 11.3 Å². The molecule has 18 heavy (non-hydrogen) atoms. The fourth-order valence-corrected chi connectivity index (χ4v) is 1.59. The van der Waals surface area contributed by atoms with E-state index in [1.165, 1.54) is 0 Å². The summed E-state index contributed by atoms with van der Waals surface area (Å²) in [6, 6.07) is 4.22. The van der Waals surface area contributed by atoms with Crippen molar-refractivity contribution in [2.45, 2.75) is 26.3 Å². The molecule has 0 bridgehead atoms. The van der Waals surface area contributed by atoms with Crippen LogP contribution in [0.25, 0.3) is 0 Å².